The number of fused-ring (bicyclic) bond motifs is 1. The third-order valence-electron chi connectivity index (χ3n) is 3.37. The summed E-state index contributed by atoms with van der Waals surface area (Å²) in [4.78, 5) is 14.0. The second-order valence-electron chi connectivity index (χ2n) is 4.72. The molecule has 1 atom stereocenters. The number of aromatic amines is 1. The molecule has 18 heavy (non-hydrogen) atoms. The monoisotopic (exact) mass is 245 g/mol. The van der Waals surface area contributed by atoms with Crippen LogP contribution in [-0.2, 0) is 0 Å². The number of aromatic nitrogens is 2. The highest BCUT2D eigenvalue weighted by molar-refractivity contribution is 5.97. The molecule has 1 aliphatic rings. The van der Waals surface area contributed by atoms with Crippen LogP contribution in [0.2, 0.25) is 0 Å². The molecule has 0 bridgehead atoms. The fourth-order valence-electron chi connectivity index (χ4n) is 2.39. The SMILES string of the molecule is O=C(c1ccc2cn[nH]c2c1)N1CCC[C@H](O)C1. The van der Waals surface area contributed by atoms with E-state index in [1.54, 1.807) is 17.2 Å². The molecular weight excluding hydrogens is 230 g/mol. The van der Waals surface area contributed by atoms with Gasteiger partial charge in [-0.1, -0.05) is 6.07 Å². The molecule has 2 heterocycles. The van der Waals surface area contributed by atoms with Gasteiger partial charge in [-0.3, -0.25) is 9.89 Å². The van der Waals surface area contributed by atoms with Gasteiger partial charge in [0.1, 0.15) is 0 Å². The van der Waals surface area contributed by atoms with E-state index < -0.39 is 6.10 Å². The van der Waals surface area contributed by atoms with E-state index in [0.29, 0.717) is 12.1 Å². The van der Waals surface area contributed by atoms with Gasteiger partial charge in [0.25, 0.3) is 5.91 Å². The molecular formula is C13H15N3O2. The Morgan fingerprint density at radius 3 is 3.22 bits per heavy atom. The molecule has 5 nitrogen and oxygen atoms in total. The smallest absolute Gasteiger partial charge is 0.254 e. The molecule has 5 heteroatoms. The summed E-state index contributed by atoms with van der Waals surface area (Å²) in [6.45, 7) is 1.15. The second kappa shape index (κ2) is 4.42. The molecule has 0 aliphatic carbocycles. The number of aliphatic hydroxyl groups is 1. The van der Waals surface area contributed by atoms with Crippen molar-refractivity contribution in [3.05, 3.63) is 30.0 Å². The number of carbonyl (C=O) groups excluding carboxylic acids is 1. The molecule has 0 unspecified atom stereocenters. The maximum Gasteiger partial charge on any atom is 0.254 e. The van der Waals surface area contributed by atoms with Gasteiger partial charge in [-0.25, -0.2) is 0 Å². The molecule has 1 fully saturated rings. The van der Waals surface area contributed by atoms with Crippen LogP contribution >= 0.6 is 0 Å². The van der Waals surface area contributed by atoms with Gasteiger partial charge in [-0.15, -0.1) is 0 Å². The van der Waals surface area contributed by atoms with Gasteiger partial charge in [0.05, 0.1) is 17.8 Å². The van der Waals surface area contributed by atoms with Crippen molar-refractivity contribution in [2.75, 3.05) is 13.1 Å². The number of β-amino-alcohol motifs (C(OH)–C–C–N with tert-alkyl or cyclic N) is 1. The Morgan fingerprint density at radius 2 is 2.39 bits per heavy atom. The fraction of sp³-hybridized carbons (Fsp3) is 0.385. The van der Waals surface area contributed by atoms with Crippen LogP contribution in [0, 0.1) is 0 Å². The van der Waals surface area contributed by atoms with Gasteiger partial charge in [0, 0.05) is 24.0 Å². The molecule has 2 aromatic rings. The molecule has 2 N–H and O–H groups in total. The third kappa shape index (κ3) is 1.97. The zero-order valence-electron chi connectivity index (χ0n) is 9.97. The van der Waals surface area contributed by atoms with E-state index in [2.05, 4.69) is 10.2 Å². The Balaban J connectivity index is 1.86. The van der Waals surface area contributed by atoms with E-state index in [-0.39, 0.29) is 5.91 Å². The number of nitrogens with one attached hydrogen (secondary N) is 1. The highest BCUT2D eigenvalue weighted by Gasteiger charge is 2.23. The number of nitrogens with zero attached hydrogens (tertiary/aromatic N) is 2. The predicted octanol–water partition coefficient (Wildman–Crippen LogP) is 1.16. The van der Waals surface area contributed by atoms with E-state index in [1.807, 2.05) is 12.1 Å². The summed E-state index contributed by atoms with van der Waals surface area (Å²) in [7, 11) is 0. The minimum Gasteiger partial charge on any atom is -0.391 e. The molecule has 1 aliphatic heterocycles. The molecule has 0 saturated carbocycles. The molecule has 3 rings (SSSR count). The number of likely N-dealkylation sites (tertiary alicyclic amines) is 1. The standard InChI is InChI=1S/C13H15N3O2/c17-11-2-1-5-16(8-11)13(18)9-3-4-10-7-14-15-12(10)6-9/h3-4,6-7,11,17H,1-2,5,8H2,(H,14,15)/t11-/m0/s1. The lowest BCUT2D eigenvalue weighted by Gasteiger charge is -2.30. The lowest BCUT2D eigenvalue weighted by molar-refractivity contribution is 0.0474. The van der Waals surface area contributed by atoms with Crippen LogP contribution in [0.3, 0.4) is 0 Å². The van der Waals surface area contributed by atoms with Crippen molar-refractivity contribution >= 4 is 16.8 Å². The molecule has 1 saturated heterocycles. The van der Waals surface area contributed by atoms with Crippen LogP contribution in [-0.4, -0.2) is 45.3 Å². The van der Waals surface area contributed by atoms with Crippen LogP contribution in [0.5, 0.6) is 0 Å². The summed E-state index contributed by atoms with van der Waals surface area (Å²) in [5, 5.41) is 17.4. The Morgan fingerprint density at radius 1 is 1.50 bits per heavy atom. The van der Waals surface area contributed by atoms with Crippen molar-refractivity contribution in [3.8, 4) is 0 Å². The zero-order chi connectivity index (χ0) is 12.5. The van der Waals surface area contributed by atoms with Gasteiger partial charge in [-0.05, 0) is 25.0 Å². The highest BCUT2D eigenvalue weighted by Crippen LogP contribution is 2.17. The predicted molar refractivity (Wildman–Crippen MR) is 67.2 cm³/mol. The first kappa shape index (κ1) is 11.2. The highest BCUT2D eigenvalue weighted by atomic mass is 16.3. The van der Waals surface area contributed by atoms with E-state index in [1.165, 1.54) is 0 Å². The minimum atomic E-state index is -0.390. The largest absolute Gasteiger partial charge is 0.391 e. The molecule has 1 amide bonds. The normalized spacial score (nSPS) is 20.3. The number of aliphatic hydroxyl groups excluding tert-OH is 1. The van der Waals surface area contributed by atoms with Gasteiger partial charge in [0.15, 0.2) is 0 Å². The Bertz CT molecular complexity index is 578. The van der Waals surface area contributed by atoms with Crippen molar-refractivity contribution < 1.29 is 9.90 Å². The van der Waals surface area contributed by atoms with Crippen molar-refractivity contribution in [2.45, 2.75) is 18.9 Å². The summed E-state index contributed by atoms with van der Waals surface area (Å²) in [6.07, 6.45) is 2.98. The van der Waals surface area contributed by atoms with Crippen molar-refractivity contribution in [1.82, 2.24) is 15.1 Å². The number of benzene rings is 1. The van der Waals surface area contributed by atoms with Crippen molar-refractivity contribution in [1.29, 1.82) is 0 Å². The fourth-order valence-corrected chi connectivity index (χ4v) is 2.39. The number of amides is 1. The zero-order valence-corrected chi connectivity index (χ0v) is 9.97. The first-order valence-electron chi connectivity index (χ1n) is 6.14. The Hall–Kier alpha value is -1.88. The van der Waals surface area contributed by atoms with E-state index in [4.69, 9.17) is 0 Å². The summed E-state index contributed by atoms with van der Waals surface area (Å²) >= 11 is 0. The van der Waals surface area contributed by atoms with Gasteiger partial charge in [-0.2, -0.15) is 5.10 Å². The van der Waals surface area contributed by atoms with Crippen LogP contribution in [0.15, 0.2) is 24.4 Å². The Kier molecular flexibility index (Phi) is 2.76. The first-order valence-corrected chi connectivity index (χ1v) is 6.14. The number of H-pyrrole nitrogens is 1. The van der Waals surface area contributed by atoms with Crippen LogP contribution in [0.1, 0.15) is 23.2 Å². The number of hydrogen-bond donors (Lipinski definition) is 2. The van der Waals surface area contributed by atoms with E-state index in [0.717, 1.165) is 30.3 Å². The maximum atomic E-state index is 12.3. The molecule has 0 spiro atoms. The number of piperidine rings is 1. The number of hydrogen-bond acceptors (Lipinski definition) is 3. The minimum absolute atomic E-state index is 0.0229. The molecule has 94 valence electrons. The van der Waals surface area contributed by atoms with Gasteiger partial charge in [0.2, 0.25) is 0 Å². The average Bonchev–Trinajstić information content (AvgIpc) is 2.85. The summed E-state index contributed by atoms with van der Waals surface area (Å²) in [5.74, 6) is -0.0229. The van der Waals surface area contributed by atoms with Crippen LogP contribution in [0.25, 0.3) is 10.9 Å². The van der Waals surface area contributed by atoms with Gasteiger partial charge >= 0.3 is 0 Å². The lowest BCUT2D eigenvalue weighted by atomic mass is 10.1. The van der Waals surface area contributed by atoms with Gasteiger partial charge < -0.3 is 10.0 Å². The number of carbonyl (C=O) groups is 1. The molecule has 1 aromatic carbocycles. The maximum absolute atomic E-state index is 12.3. The third-order valence-corrected chi connectivity index (χ3v) is 3.37. The summed E-state index contributed by atoms with van der Waals surface area (Å²) in [6, 6.07) is 5.50. The van der Waals surface area contributed by atoms with Crippen LogP contribution < -0.4 is 0 Å². The topological polar surface area (TPSA) is 69.2 Å². The first-order chi connectivity index (χ1) is 8.74. The summed E-state index contributed by atoms with van der Waals surface area (Å²) in [5.41, 5.74) is 1.50. The van der Waals surface area contributed by atoms with Crippen molar-refractivity contribution in [2.24, 2.45) is 0 Å². The quantitative estimate of drug-likeness (QED) is 0.792. The van der Waals surface area contributed by atoms with Crippen LogP contribution in [0.4, 0.5) is 0 Å². The van der Waals surface area contributed by atoms with Crippen molar-refractivity contribution in [3.63, 3.8) is 0 Å². The summed E-state index contributed by atoms with van der Waals surface area (Å²) < 4.78 is 0. The van der Waals surface area contributed by atoms with E-state index in [9.17, 15) is 9.90 Å². The number of rotatable bonds is 1. The Labute approximate surface area is 104 Å². The molecule has 1 aromatic heterocycles. The van der Waals surface area contributed by atoms with E-state index >= 15 is 0 Å². The molecule has 0 radical (unpaired) electrons. The average molecular weight is 245 g/mol. The second-order valence-corrected chi connectivity index (χ2v) is 4.72. The lowest BCUT2D eigenvalue weighted by Crippen LogP contribution is -2.42.